The minimum Gasteiger partial charge on any atom is -0.496 e. The standard InChI is InChI=1S/C19H19BrFNO4/c1-25-17-7-3-12(9-15(17)19(24)26-2)11-22-18(23)8-5-13-4-6-14(20)10-16(13)21/h3-4,6-7,9-10H,5,8,11H2,1-2H3,(H,22,23). The quantitative estimate of drug-likeness (QED) is 0.690. The minimum atomic E-state index is -0.513. The van der Waals surface area contributed by atoms with E-state index in [1.165, 1.54) is 20.3 Å². The zero-order chi connectivity index (χ0) is 19.1. The highest BCUT2D eigenvalue weighted by molar-refractivity contribution is 9.10. The van der Waals surface area contributed by atoms with Crippen molar-refractivity contribution >= 4 is 27.8 Å². The smallest absolute Gasteiger partial charge is 0.341 e. The maximum atomic E-state index is 13.8. The Hall–Kier alpha value is -2.41. The van der Waals surface area contributed by atoms with Gasteiger partial charge in [-0.25, -0.2) is 9.18 Å². The predicted octanol–water partition coefficient (Wildman–Crippen LogP) is 3.63. The van der Waals surface area contributed by atoms with Gasteiger partial charge in [0.05, 0.1) is 14.2 Å². The fourth-order valence-electron chi connectivity index (χ4n) is 2.40. The molecular weight excluding hydrogens is 405 g/mol. The normalized spacial score (nSPS) is 10.3. The second-order valence-electron chi connectivity index (χ2n) is 5.54. The lowest BCUT2D eigenvalue weighted by molar-refractivity contribution is -0.121. The van der Waals surface area contributed by atoms with Crippen molar-refractivity contribution in [3.05, 3.63) is 63.4 Å². The number of ether oxygens (including phenoxy) is 2. The molecule has 0 unspecified atom stereocenters. The molecule has 0 aliphatic heterocycles. The van der Waals surface area contributed by atoms with E-state index in [1.807, 2.05) is 0 Å². The van der Waals surface area contributed by atoms with Crippen LogP contribution in [0.1, 0.15) is 27.9 Å². The summed E-state index contributed by atoms with van der Waals surface area (Å²) in [4.78, 5) is 23.8. The molecule has 0 heterocycles. The van der Waals surface area contributed by atoms with Gasteiger partial charge in [-0.1, -0.05) is 28.1 Å². The Morgan fingerprint density at radius 2 is 1.92 bits per heavy atom. The monoisotopic (exact) mass is 423 g/mol. The molecule has 0 spiro atoms. The fraction of sp³-hybridized carbons (Fsp3) is 0.263. The molecule has 1 amide bonds. The first-order chi connectivity index (χ1) is 12.4. The zero-order valence-corrected chi connectivity index (χ0v) is 16.1. The van der Waals surface area contributed by atoms with Crippen LogP contribution in [0, 0.1) is 5.82 Å². The van der Waals surface area contributed by atoms with Gasteiger partial charge in [0.15, 0.2) is 0 Å². The number of rotatable bonds is 7. The third kappa shape index (κ3) is 5.29. The lowest BCUT2D eigenvalue weighted by atomic mass is 10.1. The van der Waals surface area contributed by atoms with Gasteiger partial charge in [-0.2, -0.15) is 0 Å². The number of aryl methyl sites for hydroxylation is 1. The van der Waals surface area contributed by atoms with Gasteiger partial charge in [0, 0.05) is 17.4 Å². The summed E-state index contributed by atoms with van der Waals surface area (Å²) in [6, 6.07) is 9.77. The predicted molar refractivity (Wildman–Crippen MR) is 98.6 cm³/mol. The van der Waals surface area contributed by atoms with Crippen molar-refractivity contribution in [2.45, 2.75) is 19.4 Å². The van der Waals surface area contributed by atoms with Crippen LogP contribution in [0.3, 0.4) is 0 Å². The van der Waals surface area contributed by atoms with Crippen LogP contribution in [-0.2, 0) is 22.5 Å². The second kappa shape index (κ2) is 9.33. The fourth-order valence-corrected chi connectivity index (χ4v) is 2.73. The summed E-state index contributed by atoms with van der Waals surface area (Å²) in [6.07, 6.45) is 0.472. The summed E-state index contributed by atoms with van der Waals surface area (Å²) < 4.78 is 24.3. The molecule has 2 aromatic rings. The minimum absolute atomic E-state index is 0.165. The number of methoxy groups -OCH3 is 2. The highest BCUT2D eigenvalue weighted by Crippen LogP contribution is 2.21. The lowest BCUT2D eigenvalue weighted by Crippen LogP contribution is -2.23. The Labute approximate surface area is 159 Å². The maximum absolute atomic E-state index is 13.8. The van der Waals surface area contributed by atoms with Crippen molar-refractivity contribution in [2.75, 3.05) is 14.2 Å². The van der Waals surface area contributed by atoms with Gasteiger partial charge in [-0.15, -0.1) is 0 Å². The van der Waals surface area contributed by atoms with Crippen LogP contribution >= 0.6 is 15.9 Å². The van der Waals surface area contributed by atoms with E-state index in [9.17, 15) is 14.0 Å². The molecule has 5 nitrogen and oxygen atoms in total. The van der Waals surface area contributed by atoms with Crippen LogP contribution in [0.2, 0.25) is 0 Å². The van der Waals surface area contributed by atoms with E-state index in [4.69, 9.17) is 9.47 Å². The van der Waals surface area contributed by atoms with Crippen molar-refractivity contribution in [3.63, 3.8) is 0 Å². The van der Waals surface area contributed by atoms with E-state index in [0.29, 0.717) is 27.8 Å². The molecular formula is C19H19BrFNO4. The van der Waals surface area contributed by atoms with E-state index in [1.54, 1.807) is 30.3 Å². The van der Waals surface area contributed by atoms with Crippen LogP contribution < -0.4 is 10.1 Å². The topological polar surface area (TPSA) is 64.6 Å². The summed E-state index contributed by atoms with van der Waals surface area (Å²) in [5, 5.41) is 2.76. The van der Waals surface area contributed by atoms with Crippen molar-refractivity contribution in [1.82, 2.24) is 5.32 Å². The summed E-state index contributed by atoms with van der Waals surface area (Å²) in [5.74, 6) is -0.661. The summed E-state index contributed by atoms with van der Waals surface area (Å²) in [7, 11) is 2.75. The second-order valence-corrected chi connectivity index (χ2v) is 6.45. The average molecular weight is 424 g/mol. The molecule has 0 aliphatic rings. The number of hydrogen-bond acceptors (Lipinski definition) is 4. The van der Waals surface area contributed by atoms with Gasteiger partial charge >= 0.3 is 5.97 Å². The van der Waals surface area contributed by atoms with Gasteiger partial charge in [-0.05, 0) is 41.8 Å². The van der Waals surface area contributed by atoms with Crippen LogP contribution in [0.25, 0.3) is 0 Å². The highest BCUT2D eigenvalue weighted by atomic mass is 79.9. The molecule has 0 bridgehead atoms. The Morgan fingerprint density at radius 3 is 2.58 bits per heavy atom. The molecule has 0 saturated carbocycles. The van der Waals surface area contributed by atoms with E-state index in [2.05, 4.69) is 21.2 Å². The van der Waals surface area contributed by atoms with Crippen LogP contribution in [0.4, 0.5) is 4.39 Å². The van der Waals surface area contributed by atoms with E-state index in [0.717, 1.165) is 5.56 Å². The van der Waals surface area contributed by atoms with Crippen molar-refractivity contribution in [3.8, 4) is 5.75 Å². The number of amides is 1. The molecule has 2 aromatic carbocycles. The summed E-state index contributed by atoms with van der Waals surface area (Å²) in [5.41, 5.74) is 1.51. The van der Waals surface area contributed by atoms with E-state index >= 15 is 0 Å². The van der Waals surface area contributed by atoms with E-state index in [-0.39, 0.29) is 24.7 Å². The number of benzene rings is 2. The largest absolute Gasteiger partial charge is 0.496 e. The van der Waals surface area contributed by atoms with Crippen molar-refractivity contribution < 1.29 is 23.5 Å². The van der Waals surface area contributed by atoms with Crippen LogP contribution in [0.5, 0.6) is 5.75 Å². The maximum Gasteiger partial charge on any atom is 0.341 e. The van der Waals surface area contributed by atoms with Gasteiger partial charge in [0.1, 0.15) is 17.1 Å². The van der Waals surface area contributed by atoms with Gasteiger partial charge in [0.25, 0.3) is 0 Å². The molecule has 7 heteroatoms. The SMILES string of the molecule is COC(=O)c1cc(CNC(=O)CCc2ccc(Br)cc2F)ccc1OC. The third-order valence-corrected chi connectivity index (χ3v) is 4.29. The Balaban J connectivity index is 1.93. The molecule has 1 N–H and O–H groups in total. The first-order valence-electron chi connectivity index (χ1n) is 7.90. The zero-order valence-electron chi connectivity index (χ0n) is 14.5. The van der Waals surface area contributed by atoms with Crippen molar-refractivity contribution in [2.24, 2.45) is 0 Å². The first-order valence-corrected chi connectivity index (χ1v) is 8.69. The number of hydrogen-bond donors (Lipinski definition) is 1. The van der Waals surface area contributed by atoms with Crippen LogP contribution in [-0.4, -0.2) is 26.1 Å². The molecule has 2 rings (SSSR count). The molecule has 0 saturated heterocycles. The van der Waals surface area contributed by atoms with E-state index < -0.39 is 5.97 Å². The number of halogens is 2. The lowest BCUT2D eigenvalue weighted by Gasteiger charge is -2.10. The summed E-state index contributed by atoms with van der Waals surface area (Å²) in [6.45, 7) is 0.246. The number of carbonyl (C=O) groups is 2. The highest BCUT2D eigenvalue weighted by Gasteiger charge is 2.14. The average Bonchev–Trinajstić information content (AvgIpc) is 2.64. The van der Waals surface area contributed by atoms with Gasteiger partial charge < -0.3 is 14.8 Å². The molecule has 0 fully saturated rings. The van der Waals surface area contributed by atoms with Crippen LogP contribution in [0.15, 0.2) is 40.9 Å². The summed E-state index contributed by atoms with van der Waals surface area (Å²) >= 11 is 3.20. The van der Waals surface area contributed by atoms with Crippen molar-refractivity contribution in [1.29, 1.82) is 0 Å². The van der Waals surface area contributed by atoms with Gasteiger partial charge in [-0.3, -0.25) is 4.79 Å². The molecule has 0 aromatic heterocycles. The molecule has 138 valence electrons. The number of esters is 1. The number of nitrogens with one attached hydrogen (secondary N) is 1. The number of carbonyl (C=O) groups excluding carboxylic acids is 2. The molecule has 0 aliphatic carbocycles. The third-order valence-electron chi connectivity index (χ3n) is 3.80. The first kappa shape index (κ1) is 19.9. The Bertz CT molecular complexity index is 810. The molecule has 26 heavy (non-hydrogen) atoms. The Morgan fingerprint density at radius 1 is 1.15 bits per heavy atom. The molecule has 0 atom stereocenters. The Kier molecular flexibility index (Phi) is 7.15. The molecule has 0 radical (unpaired) electrons. The van der Waals surface area contributed by atoms with Gasteiger partial charge in [0.2, 0.25) is 5.91 Å².